The van der Waals surface area contributed by atoms with E-state index in [-0.39, 0.29) is 11.6 Å². The third-order valence-electron chi connectivity index (χ3n) is 12.8. The minimum absolute atomic E-state index is 0.111. The molecule has 0 radical (unpaired) electrons. The van der Waals surface area contributed by atoms with Gasteiger partial charge >= 0.3 is 0 Å². The molecular formula is C70H50O2. The van der Waals surface area contributed by atoms with Gasteiger partial charge in [-0.05, 0) is 66.8 Å². The van der Waals surface area contributed by atoms with Gasteiger partial charge in [-0.25, -0.2) is 0 Å². The lowest BCUT2D eigenvalue weighted by molar-refractivity contribution is 0.104. The highest BCUT2D eigenvalue weighted by Gasteiger charge is 2.32. The average molecular weight is 923 g/mol. The molecule has 10 rings (SSSR count). The number of ketones is 2. The summed E-state index contributed by atoms with van der Waals surface area (Å²) in [6, 6.07) is 102. The highest BCUT2D eigenvalue weighted by atomic mass is 16.1. The van der Waals surface area contributed by atoms with Crippen molar-refractivity contribution in [1.29, 1.82) is 0 Å². The predicted molar refractivity (Wildman–Crippen MR) is 300 cm³/mol. The summed E-state index contributed by atoms with van der Waals surface area (Å²) < 4.78 is 0. The molecule has 0 N–H and O–H groups in total. The average Bonchev–Trinajstić information content (AvgIpc) is 3.47. The lowest BCUT2D eigenvalue weighted by Crippen LogP contribution is -2.11. The van der Waals surface area contributed by atoms with E-state index < -0.39 is 0 Å². The topological polar surface area (TPSA) is 34.1 Å². The highest BCUT2D eigenvalue weighted by molar-refractivity contribution is 6.46. The summed E-state index contributed by atoms with van der Waals surface area (Å²) in [7, 11) is 0. The van der Waals surface area contributed by atoms with Crippen molar-refractivity contribution in [3.8, 4) is 0 Å². The van der Waals surface area contributed by atoms with Gasteiger partial charge in [0.2, 0.25) is 0 Å². The van der Waals surface area contributed by atoms with Crippen LogP contribution in [0.25, 0.3) is 44.6 Å². The van der Waals surface area contributed by atoms with Crippen LogP contribution in [0.2, 0.25) is 0 Å². The quantitative estimate of drug-likeness (QED) is 0.0444. The maximum absolute atomic E-state index is 15.9. The van der Waals surface area contributed by atoms with E-state index in [1.54, 1.807) is 0 Å². The number of carbonyl (C=O) groups excluding carboxylic acids is 2. The first kappa shape index (κ1) is 46.2. The fourth-order valence-electron chi connectivity index (χ4n) is 9.57. The van der Waals surface area contributed by atoms with Gasteiger partial charge in [0, 0.05) is 33.4 Å². The van der Waals surface area contributed by atoms with Crippen molar-refractivity contribution in [2.24, 2.45) is 0 Å². The van der Waals surface area contributed by atoms with Crippen LogP contribution in [0.3, 0.4) is 0 Å². The summed E-state index contributed by atoms with van der Waals surface area (Å²) in [5.41, 5.74) is 14.1. The Morgan fingerprint density at radius 2 is 0.250 bits per heavy atom. The summed E-state index contributed by atoms with van der Waals surface area (Å²) in [6.45, 7) is 0. The maximum atomic E-state index is 15.9. The lowest BCUT2D eigenvalue weighted by Gasteiger charge is -2.29. The first-order chi connectivity index (χ1) is 35.7. The molecule has 0 saturated carbocycles. The van der Waals surface area contributed by atoms with Crippen molar-refractivity contribution in [2.45, 2.75) is 0 Å². The van der Waals surface area contributed by atoms with Gasteiger partial charge in [-0.1, -0.05) is 303 Å². The standard InChI is InChI=1S/C70H50O2/c71-69(59-47-27-9-28-48-59)67(57-43-23-7-24-44-57)65(55-39-19-5-20-40-55)63(53-35-15-3-16-36-53)61(51-31-11-1-12-32-51)62(52-33-13-2-14-34-52)64(54-37-17-4-18-38-54)66(56-41-21-6-22-42-56)68(58-45-25-8-26-46-58)70(72)60-49-29-10-30-50-60/h1-50H/b63-61+,64-62+,67-65-,68-66-. The Hall–Kier alpha value is -9.50. The second kappa shape index (κ2) is 22.3. The molecule has 0 fully saturated rings. The monoisotopic (exact) mass is 922 g/mol. The molecule has 0 spiro atoms. The molecule has 0 aliphatic rings. The second-order valence-corrected chi connectivity index (χ2v) is 17.3. The zero-order chi connectivity index (χ0) is 48.9. The summed E-state index contributed by atoms with van der Waals surface area (Å²) >= 11 is 0. The van der Waals surface area contributed by atoms with E-state index >= 15 is 9.59 Å². The van der Waals surface area contributed by atoms with E-state index in [4.69, 9.17) is 0 Å². The van der Waals surface area contributed by atoms with Crippen molar-refractivity contribution >= 4 is 56.2 Å². The van der Waals surface area contributed by atoms with Crippen LogP contribution in [0.1, 0.15) is 65.2 Å². The van der Waals surface area contributed by atoms with E-state index in [0.717, 1.165) is 77.9 Å². The molecule has 0 bridgehead atoms. The van der Waals surface area contributed by atoms with Crippen LogP contribution in [0.15, 0.2) is 303 Å². The van der Waals surface area contributed by atoms with E-state index in [9.17, 15) is 0 Å². The Bertz CT molecular complexity index is 3300. The number of benzene rings is 10. The van der Waals surface area contributed by atoms with Gasteiger partial charge in [0.1, 0.15) is 0 Å². The number of Topliss-reactive ketones (excluding diaryl/α,β-unsaturated/α-hetero) is 2. The Morgan fingerprint density at radius 3 is 0.403 bits per heavy atom. The Kier molecular flexibility index (Phi) is 14.3. The number of allylic oxidation sites excluding steroid dienone is 8. The molecule has 10 aromatic rings. The Labute approximate surface area is 422 Å². The second-order valence-electron chi connectivity index (χ2n) is 17.3. The summed E-state index contributed by atoms with van der Waals surface area (Å²) in [5.74, 6) is -0.223. The summed E-state index contributed by atoms with van der Waals surface area (Å²) in [6.07, 6.45) is 0. The number of rotatable bonds is 15. The fraction of sp³-hybridized carbons (Fsp3) is 0. The van der Waals surface area contributed by atoms with Crippen LogP contribution in [0, 0.1) is 0 Å². The minimum atomic E-state index is -0.111. The van der Waals surface area contributed by atoms with Crippen molar-refractivity contribution < 1.29 is 9.59 Å². The fourth-order valence-corrected chi connectivity index (χ4v) is 9.57. The van der Waals surface area contributed by atoms with E-state index in [1.807, 2.05) is 182 Å². The molecule has 0 aromatic heterocycles. The van der Waals surface area contributed by atoms with Crippen LogP contribution in [-0.4, -0.2) is 11.6 Å². The Balaban J connectivity index is 1.54. The molecule has 0 amide bonds. The highest BCUT2D eigenvalue weighted by Crippen LogP contribution is 2.52. The third kappa shape index (κ3) is 9.98. The molecule has 72 heavy (non-hydrogen) atoms. The molecular weight excluding hydrogens is 873 g/mol. The van der Waals surface area contributed by atoms with E-state index in [0.29, 0.717) is 22.3 Å². The molecule has 0 aliphatic carbocycles. The molecule has 0 heterocycles. The number of hydrogen-bond acceptors (Lipinski definition) is 2. The first-order valence-corrected chi connectivity index (χ1v) is 24.3. The molecule has 2 heteroatoms. The zero-order valence-corrected chi connectivity index (χ0v) is 39.7. The number of hydrogen-bond donors (Lipinski definition) is 0. The SMILES string of the molecule is O=C(\C(=C(/C(=C(/C(=C(/C(=C(\C(=O)c1ccccc1)c1ccccc1)c1ccccc1)c1ccccc1)c1ccccc1)c1ccccc1)c1ccccc1)c1ccccc1)c1ccccc1)c1ccccc1. The third-order valence-corrected chi connectivity index (χ3v) is 12.8. The Morgan fingerprint density at radius 1 is 0.139 bits per heavy atom. The van der Waals surface area contributed by atoms with Crippen molar-refractivity contribution in [3.05, 3.63) is 359 Å². The van der Waals surface area contributed by atoms with Crippen LogP contribution in [0.4, 0.5) is 0 Å². The molecule has 342 valence electrons. The summed E-state index contributed by atoms with van der Waals surface area (Å²) in [5, 5.41) is 0. The normalized spacial score (nSPS) is 12.6. The van der Waals surface area contributed by atoms with Crippen molar-refractivity contribution in [3.63, 3.8) is 0 Å². The predicted octanol–water partition coefficient (Wildman–Crippen LogP) is 17.2. The minimum Gasteiger partial charge on any atom is -0.289 e. The largest absolute Gasteiger partial charge is 0.289 e. The van der Waals surface area contributed by atoms with Crippen LogP contribution >= 0.6 is 0 Å². The van der Waals surface area contributed by atoms with Crippen LogP contribution < -0.4 is 0 Å². The molecule has 0 unspecified atom stereocenters. The summed E-state index contributed by atoms with van der Waals surface area (Å²) in [4.78, 5) is 31.7. The molecule has 2 nitrogen and oxygen atoms in total. The van der Waals surface area contributed by atoms with Gasteiger partial charge in [0.15, 0.2) is 11.6 Å². The molecule has 10 aromatic carbocycles. The van der Waals surface area contributed by atoms with E-state index in [2.05, 4.69) is 121 Å². The van der Waals surface area contributed by atoms with Gasteiger partial charge in [-0.3, -0.25) is 9.59 Å². The zero-order valence-electron chi connectivity index (χ0n) is 39.7. The van der Waals surface area contributed by atoms with Gasteiger partial charge in [-0.2, -0.15) is 0 Å². The lowest BCUT2D eigenvalue weighted by atomic mass is 9.73. The van der Waals surface area contributed by atoms with Gasteiger partial charge in [0.05, 0.1) is 0 Å². The maximum Gasteiger partial charge on any atom is 0.194 e. The van der Waals surface area contributed by atoms with Gasteiger partial charge in [-0.15, -0.1) is 0 Å². The molecule has 0 atom stereocenters. The molecule has 0 saturated heterocycles. The van der Waals surface area contributed by atoms with Crippen LogP contribution in [-0.2, 0) is 0 Å². The number of carbonyl (C=O) groups is 2. The van der Waals surface area contributed by atoms with Gasteiger partial charge < -0.3 is 0 Å². The van der Waals surface area contributed by atoms with Gasteiger partial charge in [0.25, 0.3) is 0 Å². The molecule has 0 aliphatic heterocycles. The van der Waals surface area contributed by atoms with Crippen molar-refractivity contribution in [2.75, 3.05) is 0 Å². The smallest absolute Gasteiger partial charge is 0.194 e. The first-order valence-electron chi connectivity index (χ1n) is 24.3. The van der Waals surface area contributed by atoms with E-state index in [1.165, 1.54) is 0 Å². The van der Waals surface area contributed by atoms with Crippen LogP contribution in [0.5, 0.6) is 0 Å². The van der Waals surface area contributed by atoms with Crippen molar-refractivity contribution in [1.82, 2.24) is 0 Å².